The standard InChI is InChI=1S/C19H25ClN2O2/c1-24-18-7-6-17(20)13-16(18)14-21-8-10-22(11-9-21)19(23)12-15-4-2-3-5-15/h2,4,6-7,13,15H,3,5,8-12,14H2,1H3. The lowest BCUT2D eigenvalue weighted by atomic mass is 10.0. The molecule has 0 aromatic heterocycles. The summed E-state index contributed by atoms with van der Waals surface area (Å²) in [5.74, 6) is 1.61. The summed E-state index contributed by atoms with van der Waals surface area (Å²) in [5.41, 5.74) is 1.10. The number of amides is 1. The topological polar surface area (TPSA) is 32.8 Å². The van der Waals surface area contributed by atoms with Crippen molar-refractivity contribution in [3.8, 4) is 5.75 Å². The second-order valence-electron chi connectivity index (χ2n) is 6.58. The van der Waals surface area contributed by atoms with Gasteiger partial charge in [-0.2, -0.15) is 0 Å². The molecular weight excluding hydrogens is 324 g/mol. The Hall–Kier alpha value is -1.52. The second-order valence-corrected chi connectivity index (χ2v) is 7.02. The Morgan fingerprint density at radius 2 is 2.08 bits per heavy atom. The monoisotopic (exact) mass is 348 g/mol. The van der Waals surface area contributed by atoms with Gasteiger partial charge < -0.3 is 9.64 Å². The Morgan fingerprint density at radius 3 is 2.75 bits per heavy atom. The highest BCUT2D eigenvalue weighted by molar-refractivity contribution is 6.30. The first-order chi connectivity index (χ1) is 11.7. The summed E-state index contributed by atoms with van der Waals surface area (Å²) in [5, 5.41) is 0.726. The van der Waals surface area contributed by atoms with E-state index in [4.69, 9.17) is 16.3 Å². The average molecular weight is 349 g/mol. The highest BCUT2D eigenvalue weighted by atomic mass is 35.5. The molecule has 0 saturated carbocycles. The van der Waals surface area contributed by atoms with E-state index < -0.39 is 0 Å². The van der Waals surface area contributed by atoms with Gasteiger partial charge in [0.25, 0.3) is 0 Å². The number of hydrogen-bond donors (Lipinski definition) is 0. The average Bonchev–Trinajstić information content (AvgIpc) is 3.09. The molecule has 0 N–H and O–H groups in total. The normalized spacial score (nSPS) is 21.2. The van der Waals surface area contributed by atoms with Crippen LogP contribution in [0.4, 0.5) is 0 Å². The molecule has 3 rings (SSSR count). The number of allylic oxidation sites excluding steroid dienone is 2. The van der Waals surface area contributed by atoms with Crippen LogP contribution in [0.2, 0.25) is 5.02 Å². The van der Waals surface area contributed by atoms with Gasteiger partial charge >= 0.3 is 0 Å². The quantitative estimate of drug-likeness (QED) is 0.765. The van der Waals surface area contributed by atoms with Gasteiger partial charge in [-0.1, -0.05) is 23.8 Å². The first kappa shape index (κ1) is 17.3. The fraction of sp³-hybridized carbons (Fsp3) is 0.526. The summed E-state index contributed by atoms with van der Waals surface area (Å²) >= 11 is 6.10. The molecule has 1 unspecified atom stereocenters. The van der Waals surface area contributed by atoms with Crippen LogP contribution in [0.1, 0.15) is 24.8 Å². The fourth-order valence-corrected chi connectivity index (χ4v) is 3.68. The van der Waals surface area contributed by atoms with Crippen molar-refractivity contribution in [2.24, 2.45) is 5.92 Å². The van der Waals surface area contributed by atoms with Gasteiger partial charge in [-0.15, -0.1) is 0 Å². The van der Waals surface area contributed by atoms with E-state index in [0.29, 0.717) is 18.2 Å². The van der Waals surface area contributed by atoms with E-state index >= 15 is 0 Å². The number of hydrogen-bond acceptors (Lipinski definition) is 3. The van der Waals surface area contributed by atoms with E-state index in [0.717, 1.165) is 61.9 Å². The zero-order valence-electron chi connectivity index (χ0n) is 14.2. The van der Waals surface area contributed by atoms with Crippen molar-refractivity contribution in [2.45, 2.75) is 25.8 Å². The molecule has 1 aliphatic heterocycles. The lowest BCUT2D eigenvalue weighted by molar-refractivity contribution is -0.133. The predicted molar refractivity (Wildman–Crippen MR) is 96.3 cm³/mol. The van der Waals surface area contributed by atoms with Crippen LogP contribution >= 0.6 is 11.6 Å². The molecular formula is C19H25ClN2O2. The predicted octanol–water partition coefficient (Wildman–Crippen LogP) is 3.35. The van der Waals surface area contributed by atoms with Crippen LogP contribution < -0.4 is 4.74 Å². The third-order valence-electron chi connectivity index (χ3n) is 4.91. The summed E-state index contributed by atoms with van der Waals surface area (Å²) in [7, 11) is 1.68. The summed E-state index contributed by atoms with van der Waals surface area (Å²) in [6.45, 7) is 4.19. The maximum absolute atomic E-state index is 12.4. The largest absolute Gasteiger partial charge is 0.496 e. The minimum absolute atomic E-state index is 0.298. The summed E-state index contributed by atoms with van der Waals surface area (Å²) < 4.78 is 5.42. The van der Waals surface area contributed by atoms with E-state index in [9.17, 15) is 4.79 Å². The van der Waals surface area contributed by atoms with Crippen LogP contribution in [0.3, 0.4) is 0 Å². The van der Waals surface area contributed by atoms with E-state index in [1.54, 1.807) is 7.11 Å². The van der Waals surface area contributed by atoms with Gasteiger partial charge in [-0.3, -0.25) is 9.69 Å². The first-order valence-corrected chi connectivity index (χ1v) is 9.02. The van der Waals surface area contributed by atoms with Gasteiger partial charge in [0.05, 0.1) is 7.11 Å². The highest BCUT2D eigenvalue weighted by Gasteiger charge is 2.24. The van der Waals surface area contributed by atoms with Crippen LogP contribution in [-0.2, 0) is 11.3 Å². The van der Waals surface area contributed by atoms with Crippen molar-refractivity contribution in [1.29, 1.82) is 0 Å². The van der Waals surface area contributed by atoms with Crippen molar-refractivity contribution in [1.82, 2.24) is 9.80 Å². The lowest BCUT2D eigenvalue weighted by Gasteiger charge is -2.35. The number of carbonyl (C=O) groups excluding carboxylic acids is 1. The number of ether oxygens (including phenoxy) is 1. The van der Waals surface area contributed by atoms with Gasteiger partial charge in [0.2, 0.25) is 5.91 Å². The molecule has 1 heterocycles. The summed E-state index contributed by atoms with van der Waals surface area (Å²) in [6, 6.07) is 5.72. The lowest BCUT2D eigenvalue weighted by Crippen LogP contribution is -2.48. The van der Waals surface area contributed by atoms with E-state index in [-0.39, 0.29) is 0 Å². The zero-order chi connectivity index (χ0) is 16.9. The first-order valence-electron chi connectivity index (χ1n) is 8.65. The fourth-order valence-electron chi connectivity index (χ4n) is 3.49. The summed E-state index contributed by atoms with van der Waals surface area (Å²) in [6.07, 6.45) is 7.29. The van der Waals surface area contributed by atoms with Gasteiger partial charge in [-0.05, 0) is 37.0 Å². The van der Waals surface area contributed by atoms with Crippen molar-refractivity contribution in [2.75, 3.05) is 33.3 Å². The Bertz CT molecular complexity index is 609. The minimum atomic E-state index is 0.298. The molecule has 130 valence electrons. The molecule has 24 heavy (non-hydrogen) atoms. The Balaban J connectivity index is 1.51. The van der Waals surface area contributed by atoms with Crippen LogP contribution in [-0.4, -0.2) is 49.0 Å². The maximum atomic E-state index is 12.4. The van der Waals surface area contributed by atoms with Crippen molar-refractivity contribution in [3.05, 3.63) is 40.9 Å². The molecule has 0 radical (unpaired) electrons. The third-order valence-corrected chi connectivity index (χ3v) is 5.15. The Labute approximate surface area is 149 Å². The minimum Gasteiger partial charge on any atom is -0.496 e. The second kappa shape index (κ2) is 8.04. The van der Waals surface area contributed by atoms with Crippen LogP contribution in [0.5, 0.6) is 5.75 Å². The molecule has 1 aliphatic carbocycles. The molecule has 1 saturated heterocycles. The van der Waals surface area contributed by atoms with E-state index in [2.05, 4.69) is 17.1 Å². The molecule has 2 aliphatic rings. The molecule has 1 amide bonds. The van der Waals surface area contributed by atoms with Gasteiger partial charge in [0, 0.05) is 49.7 Å². The molecule has 4 nitrogen and oxygen atoms in total. The van der Waals surface area contributed by atoms with Crippen LogP contribution in [0, 0.1) is 5.92 Å². The van der Waals surface area contributed by atoms with Crippen LogP contribution in [0.15, 0.2) is 30.4 Å². The van der Waals surface area contributed by atoms with Gasteiger partial charge in [0.1, 0.15) is 5.75 Å². The van der Waals surface area contributed by atoms with Crippen molar-refractivity contribution < 1.29 is 9.53 Å². The highest BCUT2D eigenvalue weighted by Crippen LogP contribution is 2.25. The molecule has 5 heteroatoms. The molecule has 1 aromatic rings. The third kappa shape index (κ3) is 4.31. The molecule has 0 spiro atoms. The smallest absolute Gasteiger partial charge is 0.223 e. The number of rotatable bonds is 5. The van der Waals surface area contributed by atoms with Gasteiger partial charge in [-0.25, -0.2) is 0 Å². The van der Waals surface area contributed by atoms with E-state index in [1.807, 2.05) is 23.1 Å². The molecule has 0 bridgehead atoms. The molecule has 1 atom stereocenters. The SMILES string of the molecule is COc1ccc(Cl)cc1CN1CCN(C(=O)CC2C=CCC2)CC1. The van der Waals surface area contributed by atoms with E-state index in [1.165, 1.54) is 0 Å². The number of methoxy groups -OCH3 is 1. The number of carbonyl (C=O) groups is 1. The number of piperazine rings is 1. The Morgan fingerprint density at radius 1 is 1.29 bits per heavy atom. The molecule has 1 fully saturated rings. The number of nitrogens with zero attached hydrogens (tertiary/aromatic N) is 2. The van der Waals surface area contributed by atoms with Crippen molar-refractivity contribution >= 4 is 17.5 Å². The van der Waals surface area contributed by atoms with Gasteiger partial charge in [0.15, 0.2) is 0 Å². The zero-order valence-corrected chi connectivity index (χ0v) is 15.0. The van der Waals surface area contributed by atoms with Crippen LogP contribution in [0.25, 0.3) is 0 Å². The van der Waals surface area contributed by atoms with Crippen molar-refractivity contribution in [3.63, 3.8) is 0 Å². The molecule has 1 aromatic carbocycles. The Kier molecular flexibility index (Phi) is 5.80. The summed E-state index contributed by atoms with van der Waals surface area (Å²) in [4.78, 5) is 16.8. The number of halogens is 1. The maximum Gasteiger partial charge on any atom is 0.223 e. The number of benzene rings is 1.